The van der Waals surface area contributed by atoms with Gasteiger partial charge < -0.3 is 24.8 Å². The van der Waals surface area contributed by atoms with Gasteiger partial charge in [-0.05, 0) is 44.4 Å². The molecule has 2 heterocycles. The van der Waals surface area contributed by atoms with Gasteiger partial charge in [0.25, 0.3) is 0 Å². The topological polar surface area (TPSA) is 89.1 Å². The fraction of sp³-hybridized carbons (Fsp3) is 0.407. The zero-order valence-corrected chi connectivity index (χ0v) is 20.7. The van der Waals surface area contributed by atoms with Crippen LogP contribution in [-0.2, 0) is 9.53 Å². The van der Waals surface area contributed by atoms with E-state index in [2.05, 4.69) is 46.7 Å². The predicted molar refractivity (Wildman–Crippen MR) is 133 cm³/mol. The van der Waals surface area contributed by atoms with Crippen LogP contribution in [0.25, 0.3) is 0 Å². The highest BCUT2D eigenvalue weighted by Crippen LogP contribution is 2.39. The first-order valence-electron chi connectivity index (χ1n) is 11.9. The number of amides is 2. The van der Waals surface area contributed by atoms with Crippen molar-refractivity contribution in [2.24, 2.45) is 0 Å². The van der Waals surface area contributed by atoms with Crippen molar-refractivity contribution in [1.29, 1.82) is 0 Å². The van der Waals surface area contributed by atoms with Gasteiger partial charge in [-0.3, -0.25) is 4.90 Å². The summed E-state index contributed by atoms with van der Waals surface area (Å²) in [5.41, 5.74) is 4.10. The van der Waals surface area contributed by atoms with Crippen molar-refractivity contribution >= 4 is 12.0 Å². The van der Waals surface area contributed by atoms with E-state index in [1.807, 2.05) is 6.07 Å². The number of likely N-dealkylation sites (tertiary alicyclic amines) is 1. The van der Waals surface area contributed by atoms with Crippen LogP contribution in [0, 0.1) is 6.92 Å². The number of hydrogen-bond donors (Lipinski definition) is 2. The molecule has 2 aromatic carbocycles. The number of rotatable bonds is 8. The Morgan fingerprint density at radius 3 is 2.57 bits per heavy atom. The summed E-state index contributed by atoms with van der Waals surface area (Å²) < 4.78 is 16.5. The van der Waals surface area contributed by atoms with Crippen LogP contribution in [0.15, 0.2) is 53.7 Å². The fourth-order valence-corrected chi connectivity index (χ4v) is 4.88. The molecule has 186 valence electrons. The third-order valence-corrected chi connectivity index (χ3v) is 6.60. The van der Waals surface area contributed by atoms with Crippen molar-refractivity contribution < 1.29 is 23.8 Å². The van der Waals surface area contributed by atoms with E-state index in [0.717, 1.165) is 19.5 Å². The number of esters is 1. The summed E-state index contributed by atoms with van der Waals surface area (Å²) in [6, 6.07) is 12.9. The molecule has 0 aromatic heterocycles. The summed E-state index contributed by atoms with van der Waals surface area (Å²) >= 11 is 0. The second-order valence-corrected chi connectivity index (χ2v) is 8.86. The molecule has 0 bridgehead atoms. The molecule has 0 unspecified atom stereocenters. The highest BCUT2D eigenvalue weighted by Gasteiger charge is 2.37. The van der Waals surface area contributed by atoms with E-state index in [0.29, 0.717) is 40.8 Å². The smallest absolute Gasteiger partial charge is 0.338 e. The molecule has 2 aliphatic rings. The molecule has 0 aliphatic carbocycles. The zero-order chi connectivity index (χ0) is 24.9. The molecular weight excluding hydrogens is 446 g/mol. The first-order chi connectivity index (χ1) is 16.9. The average molecular weight is 480 g/mol. The van der Waals surface area contributed by atoms with E-state index in [1.165, 1.54) is 18.2 Å². The Bertz CT molecular complexity index is 1110. The number of urea groups is 1. The Morgan fingerprint density at radius 2 is 1.89 bits per heavy atom. The van der Waals surface area contributed by atoms with Crippen LogP contribution in [0.3, 0.4) is 0 Å². The van der Waals surface area contributed by atoms with Crippen LogP contribution in [0.2, 0.25) is 0 Å². The molecule has 2 N–H and O–H groups in total. The lowest BCUT2D eigenvalue weighted by Gasteiger charge is -2.32. The molecular formula is C27H33N3O5. The lowest BCUT2D eigenvalue weighted by molar-refractivity contribution is -0.139. The Labute approximate surface area is 206 Å². The first-order valence-corrected chi connectivity index (χ1v) is 11.9. The van der Waals surface area contributed by atoms with E-state index >= 15 is 0 Å². The molecule has 2 aliphatic heterocycles. The normalized spacial score (nSPS) is 20.3. The number of ether oxygens (including phenoxy) is 3. The minimum Gasteiger partial charge on any atom is -0.493 e. The number of hydrogen-bond acceptors (Lipinski definition) is 6. The molecule has 0 radical (unpaired) electrons. The Balaban J connectivity index is 1.67. The molecule has 0 spiro atoms. The lowest BCUT2D eigenvalue weighted by Crippen LogP contribution is -2.48. The summed E-state index contributed by atoms with van der Waals surface area (Å²) in [5.74, 6) is 0.917. The molecule has 4 rings (SSSR count). The minimum atomic E-state index is -0.738. The maximum atomic E-state index is 13.2. The number of aryl methyl sites for hydroxylation is 1. The second-order valence-electron chi connectivity index (χ2n) is 8.86. The average Bonchev–Trinajstić information content (AvgIpc) is 3.32. The Kier molecular flexibility index (Phi) is 7.60. The van der Waals surface area contributed by atoms with Crippen LogP contribution in [0.1, 0.15) is 42.0 Å². The van der Waals surface area contributed by atoms with Crippen molar-refractivity contribution in [1.82, 2.24) is 15.5 Å². The predicted octanol–water partition coefficient (Wildman–Crippen LogP) is 3.67. The van der Waals surface area contributed by atoms with Crippen LogP contribution >= 0.6 is 0 Å². The van der Waals surface area contributed by atoms with Crippen LogP contribution < -0.4 is 20.1 Å². The van der Waals surface area contributed by atoms with Crippen LogP contribution in [-0.4, -0.2) is 57.4 Å². The third-order valence-electron chi connectivity index (χ3n) is 6.60. The van der Waals surface area contributed by atoms with Gasteiger partial charge in [-0.25, -0.2) is 9.59 Å². The summed E-state index contributed by atoms with van der Waals surface area (Å²) in [4.78, 5) is 28.2. The summed E-state index contributed by atoms with van der Waals surface area (Å²) in [5, 5.41) is 5.76. The number of nitrogens with one attached hydrogen (secondary N) is 2. The molecule has 35 heavy (non-hydrogen) atoms. The van der Waals surface area contributed by atoms with E-state index in [-0.39, 0.29) is 12.6 Å². The summed E-state index contributed by atoms with van der Waals surface area (Å²) in [6.45, 7) is 6.23. The number of para-hydroxylation sites is 1. The molecule has 8 heteroatoms. The number of nitrogens with zero attached hydrogens (tertiary/aromatic N) is 1. The Morgan fingerprint density at radius 1 is 1.11 bits per heavy atom. The van der Waals surface area contributed by atoms with E-state index < -0.39 is 12.0 Å². The lowest BCUT2D eigenvalue weighted by atomic mass is 9.93. The van der Waals surface area contributed by atoms with Gasteiger partial charge in [0.05, 0.1) is 32.4 Å². The molecule has 2 aromatic rings. The van der Waals surface area contributed by atoms with Crippen molar-refractivity contribution in [3.8, 4) is 11.5 Å². The molecule has 2 amide bonds. The van der Waals surface area contributed by atoms with Gasteiger partial charge in [-0.2, -0.15) is 0 Å². The maximum absolute atomic E-state index is 13.2. The number of methoxy groups -OCH3 is 2. The SMILES string of the molecule is CCOC(=O)C1=C(CN2CC[C@@H](c3ccc(C)cc3)C2)NC(=O)N[C@@H]1c1cccc(OC)c1OC. The molecule has 8 nitrogen and oxygen atoms in total. The van der Waals surface area contributed by atoms with Crippen LogP contribution in [0.5, 0.6) is 11.5 Å². The Hall–Kier alpha value is -3.52. The molecule has 0 saturated carbocycles. The van der Waals surface area contributed by atoms with Crippen LogP contribution in [0.4, 0.5) is 4.79 Å². The summed E-state index contributed by atoms with van der Waals surface area (Å²) in [6.07, 6.45) is 1.02. The highest BCUT2D eigenvalue weighted by molar-refractivity contribution is 5.95. The highest BCUT2D eigenvalue weighted by atomic mass is 16.5. The van der Waals surface area contributed by atoms with Gasteiger partial charge in [0.15, 0.2) is 11.5 Å². The van der Waals surface area contributed by atoms with Gasteiger partial charge in [-0.15, -0.1) is 0 Å². The number of carbonyl (C=O) groups excluding carboxylic acids is 2. The van der Waals surface area contributed by atoms with Crippen molar-refractivity contribution in [3.63, 3.8) is 0 Å². The van der Waals surface area contributed by atoms with Gasteiger partial charge >= 0.3 is 12.0 Å². The molecule has 1 fully saturated rings. The summed E-state index contributed by atoms with van der Waals surface area (Å²) in [7, 11) is 3.09. The van der Waals surface area contributed by atoms with Crippen molar-refractivity contribution in [2.45, 2.75) is 32.2 Å². The maximum Gasteiger partial charge on any atom is 0.338 e. The third kappa shape index (κ3) is 5.27. The zero-order valence-electron chi connectivity index (χ0n) is 20.7. The molecule has 1 saturated heterocycles. The monoisotopic (exact) mass is 479 g/mol. The van der Waals surface area contributed by atoms with Gasteiger partial charge in [0, 0.05) is 24.4 Å². The van der Waals surface area contributed by atoms with E-state index in [9.17, 15) is 9.59 Å². The minimum absolute atomic E-state index is 0.227. The van der Waals surface area contributed by atoms with E-state index in [4.69, 9.17) is 14.2 Å². The van der Waals surface area contributed by atoms with Crippen molar-refractivity contribution in [2.75, 3.05) is 40.5 Å². The second kappa shape index (κ2) is 10.8. The van der Waals surface area contributed by atoms with Gasteiger partial charge in [0.2, 0.25) is 0 Å². The standard InChI is InChI=1S/C27H33N3O5/c1-5-35-26(31)23-21(16-30-14-13-19(15-30)18-11-9-17(2)10-12-18)28-27(32)29-24(23)20-7-6-8-22(33-3)25(20)34-4/h6-12,19,24H,5,13-16H2,1-4H3,(H2,28,29,32)/t19-,24-/m1/s1. The van der Waals surface area contributed by atoms with Gasteiger partial charge in [0.1, 0.15) is 0 Å². The van der Waals surface area contributed by atoms with Crippen molar-refractivity contribution in [3.05, 3.63) is 70.4 Å². The quantitative estimate of drug-likeness (QED) is 0.562. The largest absolute Gasteiger partial charge is 0.493 e. The van der Waals surface area contributed by atoms with Gasteiger partial charge in [-0.1, -0.05) is 42.0 Å². The fourth-order valence-electron chi connectivity index (χ4n) is 4.88. The number of benzene rings is 2. The van der Waals surface area contributed by atoms with E-state index in [1.54, 1.807) is 26.2 Å². The molecule has 2 atom stereocenters. The number of carbonyl (C=O) groups is 2. The first kappa shape index (κ1) is 24.6.